The summed E-state index contributed by atoms with van der Waals surface area (Å²) in [7, 11) is 0. The Kier molecular flexibility index (Phi) is 5.09. The van der Waals surface area contributed by atoms with Gasteiger partial charge in [0.25, 0.3) is 5.91 Å². The van der Waals surface area contributed by atoms with Gasteiger partial charge in [-0.15, -0.1) is 0 Å². The van der Waals surface area contributed by atoms with Crippen molar-refractivity contribution in [1.29, 1.82) is 0 Å². The van der Waals surface area contributed by atoms with Crippen molar-refractivity contribution < 1.29 is 4.79 Å². The van der Waals surface area contributed by atoms with Gasteiger partial charge in [-0.05, 0) is 43.3 Å². The minimum atomic E-state index is -0.0800. The monoisotopic (exact) mass is 350 g/mol. The van der Waals surface area contributed by atoms with Crippen molar-refractivity contribution in [3.05, 3.63) is 52.5 Å². The fraction of sp³-hybridized carbons (Fsp3) is 0.133. The number of nitrogens with one attached hydrogen (secondary N) is 1. The first-order valence-corrected chi connectivity index (χ1v) is 7.82. The van der Waals surface area contributed by atoms with Crippen LogP contribution in [0, 0.1) is 0 Å². The topological polar surface area (TPSA) is 55.1 Å². The van der Waals surface area contributed by atoms with E-state index in [1.54, 1.807) is 23.9 Å². The SMILES string of the molecule is CCNC(=O)c1ccc(N)c(Sc2cccc(Br)c2)c1. The number of halogens is 1. The number of carbonyl (C=O) groups is 1. The average molecular weight is 351 g/mol. The minimum Gasteiger partial charge on any atom is -0.398 e. The summed E-state index contributed by atoms with van der Waals surface area (Å²) >= 11 is 4.99. The number of carbonyl (C=O) groups excluding carboxylic acids is 1. The second-order valence-corrected chi connectivity index (χ2v) is 6.20. The normalized spacial score (nSPS) is 10.3. The van der Waals surface area contributed by atoms with Gasteiger partial charge in [-0.25, -0.2) is 0 Å². The molecule has 0 aromatic heterocycles. The highest BCUT2D eigenvalue weighted by atomic mass is 79.9. The van der Waals surface area contributed by atoms with Crippen LogP contribution in [0.2, 0.25) is 0 Å². The second kappa shape index (κ2) is 6.81. The number of anilines is 1. The lowest BCUT2D eigenvalue weighted by Crippen LogP contribution is -2.22. The predicted octanol–water partition coefficient (Wildman–Crippen LogP) is 3.93. The van der Waals surface area contributed by atoms with E-state index in [1.165, 1.54) is 0 Å². The van der Waals surface area contributed by atoms with E-state index in [2.05, 4.69) is 21.2 Å². The lowest BCUT2D eigenvalue weighted by atomic mass is 10.2. The summed E-state index contributed by atoms with van der Waals surface area (Å²) in [6.07, 6.45) is 0. The third kappa shape index (κ3) is 3.77. The van der Waals surface area contributed by atoms with E-state index in [0.29, 0.717) is 17.8 Å². The van der Waals surface area contributed by atoms with E-state index in [9.17, 15) is 4.79 Å². The molecule has 0 aliphatic heterocycles. The number of amides is 1. The molecule has 0 aliphatic rings. The lowest BCUT2D eigenvalue weighted by Gasteiger charge is -2.09. The van der Waals surface area contributed by atoms with Gasteiger partial charge in [-0.1, -0.05) is 33.8 Å². The number of nitrogens with two attached hydrogens (primary N) is 1. The molecule has 2 aromatic carbocycles. The highest BCUT2D eigenvalue weighted by Gasteiger charge is 2.09. The van der Waals surface area contributed by atoms with Crippen LogP contribution >= 0.6 is 27.7 Å². The van der Waals surface area contributed by atoms with Crippen molar-refractivity contribution in [2.24, 2.45) is 0 Å². The molecule has 0 spiro atoms. The first-order chi connectivity index (χ1) is 9.60. The Balaban J connectivity index is 2.27. The maximum atomic E-state index is 11.8. The first kappa shape index (κ1) is 14.9. The molecule has 0 atom stereocenters. The molecule has 0 heterocycles. The summed E-state index contributed by atoms with van der Waals surface area (Å²) < 4.78 is 1.01. The van der Waals surface area contributed by atoms with Crippen molar-refractivity contribution in [2.45, 2.75) is 16.7 Å². The number of hydrogen-bond acceptors (Lipinski definition) is 3. The molecule has 0 saturated heterocycles. The highest BCUT2D eigenvalue weighted by Crippen LogP contribution is 2.33. The maximum absolute atomic E-state index is 11.8. The second-order valence-electron chi connectivity index (χ2n) is 4.17. The summed E-state index contributed by atoms with van der Waals surface area (Å²) in [5.74, 6) is -0.0800. The molecule has 0 fully saturated rings. The molecule has 0 saturated carbocycles. The van der Waals surface area contributed by atoms with Gasteiger partial charge < -0.3 is 11.1 Å². The molecule has 1 amide bonds. The quantitative estimate of drug-likeness (QED) is 0.821. The van der Waals surface area contributed by atoms with Crippen LogP contribution in [0.15, 0.2) is 56.7 Å². The summed E-state index contributed by atoms with van der Waals surface area (Å²) in [5, 5.41) is 2.78. The van der Waals surface area contributed by atoms with Crippen LogP contribution < -0.4 is 11.1 Å². The first-order valence-electron chi connectivity index (χ1n) is 6.21. The van der Waals surface area contributed by atoms with Crippen molar-refractivity contribution in [1.82, 2.24) is 5.32 Å². The third-order valence-corrected chi connectivity index (χ3v) is 4.19. The van der Waals surface area contributed by atoms with E-state index < -0.39 is 0 Å². The zero-order valence-electron chi connectivity index (χ0n) is 11.0. The third-order valence-electron chi connectivity index (χ3n) is 2.64. The molecule has 3 nitrogen and oxygen atoms in total. The van der Waals surface area contributed by atoms with E-state index in [0.717, 1.165) is 14.3 Å². The van der Waals surface area contributed by atoms with Gasteiger partial charge in [0, 0.05) is 32.1 Å². The van der Waals surface area contributed by atoms with Crippen molar-refractivity contribution in [3.63, 3.8) is 0 Å². The van der Waals surface area contributed by atoms with Crippen LogP contribution in [0.25, 0.3) is 0 Å². The van der Waals surface area contributed by atoms with Crippen LogP contribution in [0.4, 0.5) is 5.69 Å². The zero-order chi connectivity index (χ0) is 14.5. The molecule has 2 aromatic rings. The number of hydrogen-bond donors (Lipinski definition) is 2. The van der Waals surface area contributed by atoms with Crippen molar-refractivity contribution in [2.75, 3.05) is 12.3 Å². The summed E-state index contributed by atoms with van der Waals surface area (Å²) in [5.41, 5.74) is 7.28. The van der Waals surface area contributed by atoms with Gasteiger partial charge in [0.15, 0.2) is 0 Å². The van der Waals surface area contributed by atoms with Gasteiger partial charge in [0.2, 0.25) is 0 Å². The maximum Gasteiger partial charge on any atom is 0.251 e. The Hall–Kier alpha value is -1.46. The molecular formula is C15H15BrN2OS. The Labute approximate surface area is 131 Å². The van der Waals surface area contributed by atoms with Crippen LogP contribution in [0.5, 0.6) is 0 Å². The minimum absolute atomic E-state index is 0.0800. The van der Waals surface area contributed by atoms with Crippen LogP contribution in [-0.4, -0.2) is 12.5 Å². The summed E-state index contributed by atoms with van der Waals surface area (Å²) in [6.45, 7) is 2.50. The highest BCUT2D eigenvalue weighted by molar-refractivity contribution is 9.10. The number of nitrogen functional groups attached to an aromatic ring is 1. The Morgan fingerprint density at radius 1 is 1.30 bits per heavy atom. The van der Waals surface area contributed by atoms with Gasteiger partial charge >= 0.3 is 0 Å². The van der Waals surface area contributed by atoms with Crippen LogP contribution in [0.1, 0.15) is 17.3 Å². The molecule has 104 valence electrons. The summed E-state index contributed by atoms with van der Waals surface area (Å²) in [4.78, 5) is 13.8. The molecular weight excluding hydrogens is 336 g/mol. The molecule has 0 radical (unpaired) electrons. The Morgan fingerprint density at radius 2 is 2.10 bits per heavy atom. The zero-order valence-corrected chi connectivity index (χ0v) is 13.4. The smallest absolute Gasteiger partial charge is 0.251 e. The standard InChI is InChI=1S/C15H15BrN2OS/c1-2-18-15(19)10-6-7-13(17)14(8-10)20-12-5-3-4-11(16)9-12/h3-9H,2,17H2,1H3,(H,18,19). The molecule has 20 heavy (non-hydrogen) atoms. The lowest BCUT2D eigenvalue weighted by molar-refractivity contribution is 0.0955. The van der Waals surface area contributed by atoms with Crippen LogP contribution in [0.3, 0.4) is 0 Å². The van der Waals surface area contributed by atoms with Gasteiger partial charge in [0.1, 0.15) is 0 Å². The largest absolute Gasteiger partial charge is 0.398 e. The fourth-order valence-corrected chi connectivity index (χ4v) is 3.19. The fourth-order valence-electron chi connectivity index (χ4n) is 1.68. The molecule has 0 unspecified atom stereocenters. The Bertz CT molecular complexity index is 631. The van der Waals surface area contributed by atoms with Crippen molar-refractivity contribution in [3.8, 4) is 0 Å². The molecule has 2 rings (SSSR count). The molecule has 0 bridgehead atoms. The van der Waals surface area contributed by atoms with E-state index in [1.807, 2.05) is 37.3 Å². The molecule has 0 aliphatic carbocycles. The van der Waals surface area contributed by atoms with E-state index in [4.69, 9.17) is 5.73 Å². The Morgan fingerprint density at radius 3 is 2.80 bits per heavy atom. The van der Waals surface area contributed by atoms with E-state index >= 15 is 0 Å². The molecule has 3 N–H and O–H groups in total. The van der Waals surface area contributed by atoms with Gasteiger partial charge in [-0.3, -0.25) is 4.79 Å². The summed E-state index contributed by atoms with van der Waals surface area (Å²) in [6, 6.07) is 13.3. The average Bonchev–Trinajstić information content (AvgIpc) is 2.41. The van der Waals surface area contributed by atoms with E-state index in [-0.39, 0.29) is 5.91 Å². The molecule has 5 heteroatoms. The van der Waals surface area contributed by atoms with Gasteiger partial charge in [0.05, 0.1) is 0 Å². The number of benzene rings is 2. The predicted molar refractivity (Wildman–Crippen MR) is 87.1 cm³/mol. The number of rotatable bonds is 4. The van der Waals surface area contributed by atoms with Crippen LogP contribution in [-0.2, 0) is 0 Å². The van der Waals surface area contributed by atoms with Gasteiger partial charge in [-0.2, -0.15) is 0 Å². The van der Waals surface area contributed by atoms with Crippen molar-refractivity contribution >= 4 is 39.3 Å².